The van der Waals surface area contributed by atoms with Crippen LogP contribution in [-0.4, -0.2) is 36.1 Å². The number of urea groups is 1. The molecule has 1 aliphatic heterocycles. The highest BCUT2D eigenvalue weighted by Crippen LogP contribution is 2.16. The van der Waals surface area contributed by atoms with Crippen molar-refractivity contribution in [1.82, 2.24) is 10.2 Å². The van der Waals surface area contributed by atoms with Gasteiger partial charge in [0.1, 0.15) is 0 Å². The lowest BCUT2D eigenvalue weighted by atomic mass is 9.93. The molecule has 0 aromatic carbocycles. The van der Waals surface area contributed by atoms with Crippen LogP contribution >= 0.6 is 0 Å². The molecule has 4 nitrogen and oxygen atoms in total. The number of amides is 2. The van der Waals surface area contributed by atoms with Crippen LogP contribution in [-0.2, 0) is 0 Å². The molecular weight excluding hydrogens is 214 g/mol. The molecule has 0 spiro atoms. The number of nitrogens with two attached hydrogens (primary N) is 1. The van der Waals surface area contributed by atoms with Crippen molar-refractivity contribution < 1.29 is 4.79 Å². The normalized spacial score (nSPS) is 19.6. The molecule has 3 N–H and O–H groups in total. The molecule has 1 unspecified atom stereocenters. The van der Waals surface area contributed by atoms with Crippen molar-refractivity contribution in [2.24, 2.45) is 11.7 Å². The van der Waals surface area contributed by atoms with E-state index in [-0.39, 0.29) is 6.03 Å². The van der Waals surface area contributed by atoms with Gasteiger partial charge in [-0.3, -0.25) is 0 Å². The Hall–Kier alpha value is -0.770. The van der Waals surface area contributed by atoms with Crippen molar-refractivity contribution in [2.45, 2.75) is 58.5 Å². The van der Waals surface area contributed by atoms with E-state index in [9.17, 15) is 4.79 Å². The molecule has 0 aromatic rings. The second kappa shape index (κ2) is 6.84. The summed E-state index contributed by atoms with van der Waals surface area (Å²) in [6, 6.07) is 0.827. The smallest absolute Gasteiger partial charge is 0.314 e. The fraction of sp³-hybridized carbons (Fsp3) is 0.923. The van der Waals surface area contributed by atoms with Crippen molar-refractivity contribution in [1.29, 1.82) is 0 Å². The van der Waals surface area contributed by atoms with Crippen LogP contribution in [0.1, 0.15) is 46.5 Å². The first-order valence-corrected chi connectivity index (χ1v) is 6.88. The van der Waals surface area contributed by atoms with Crippen molar-refractivity contribution in [2.75, 3.05) is 13.1 Å². The predicted octanol–water partition coefficient (Wildman–Crippen LogP) is 1.94. The fourth-order valence-corrected chi connectivity index (χ4v) is 2.77. The lowest BCUT2D eigenvalue weighted by molar-refractivity contribution is 0.178. The Morgan fingerprint density at radius 3 is 2.29 bits per heavy atom. The molecular formula is C13H27N3O. The fourth-order valence-electron chi connectivity index (χ4n) is 2.77. The summed E-state index contributed by atoms with van der Waals surface area (Å²) in [6.07, 6.45) is 4.50. The molecule has 0 aromatic heterocycles. The third-order valence-corrected chi connectivity index (χ3v) is 4.06. The lowest BCUT2D eigenvalue weighted by Crippen LogP contribution is -2.49. The lowest BCUT2D eigenvalue weighted by Gasteiger charge is -2.34. The number of carbonyl (C=O) groups is 1. The molecule has 1 fully saturated rings. The van der Waals surface area contributed by atoms with Gasteiger partial charge in [-0.2, -0.15) is 0 Å². The molecule has 1 aliphatic rings. The Bertz CT molecular complexity index is 233. The molecule has 1 saturated heterocycles. The zero-order chi connectivity index (χ0) is 12.8. The van der Waals surface area contributed by atoms with Gasteiger partial charge in [-0.05, 0) is 25.7 Å². The van der Waals surface area contributed by atoms with Gasteiger partial charge in [0, 0.05) is 25.2 Å². The summed E-state index contributed by atoms with van der Waals surface area (Å²) in [7, 11) is 0. The van der Waals surface area contributed by atoms with Gasteiger partial charge in [0.05, 0.1) is 0 Å². The van der Waals surface area contributed by atoms with Gasteiger partial charge in [0.15, 0.2) is 0 Å². The monoisotopic (exact) mass is 241 g/mol. The van der Waals surface area contributed by atoms with E-state index in [0.29, 0.717) is 12.1 Å². The average molecular weight is 241 g/mol. The molecule has 1 atom stereocenters. The number of carbonyl (C=O) groups excluding carboxylic acids is 1. The maximum Gasteiger partial charge on any atom is 0.314 e. The Morgan fingerprint density at radius 2 is 1.88 bits per heavy atom. The van der Waals surface area contributed by atoms with Crippen LogP contribution in [0.5, 0.6) is 0 Å². The summed E-state index contributed by atoms with van der Waals surface area (Å²) in [5, 5.41) is 3.70. The van der Waals surface area contributed by atoms with E-state index in [1.54, 1.807) is 4.90 Å². The Labute approximate surface area is 105 Å². The third kappa shape index (κ3) is 4.19. The number of rotatable bonds is 5. The molecule has 0 radical (unpaired) electrons. The summed E-state index contributed by atoms with van der Waals surface area (Å²) < 4.78 is 0. The Balaban J connectivity index is 2.32. The van der Waals surface area contributed by atoms with Crippen LogP contribution in [0.4, 0.5) is 4.79 Å². The highest BCUT2D eigenvalue weighted by Gasteiger charge is 2.23. The van der Waals surface area contributed by atoms with Crippen molar-refractivity contribution in [3.8, 4) is 0 Å². The zero-order valence-corrected chi connectivity index (χ0v) is 11.4. The van der Waals surface area contributed by atoms with E-state index in [0.717, 1.165) is 31.8 Å². The summed E-state index contributed by atoms with van der Waals surface area (Å²) in [6.45, 7) is 8.37. The van der Waals surface area contributed by atoms with Crippen LogP contribution in [0, 0.1) is 5.92 Å². The standard InChI is InChI=1S/C13H27N3O/c1-4-11(5-2)10(3)15-12-6-8-16(9-7-12)13(14)17/h10-12,15H,4-9H2,1-3H3,(H2,14,17). The summed E-state index contributed by atoms with van der Waals surface area (Å²) >= 11 is 0. The molecule has 100 valence electrons. The van der Waals surface area contributed by atoms with E-state index in [4.69, 9.17) is 5.73 Å². The first-order valence-electron chi connectivity index (χ1n) is 6.88. The van der Waals surface area contributed by atoms with Gasteiger partial charge in [0.2, 0.25) is 0 Å². The maximum absolute atomic E-state index is 11.0. The second-order valence-electron chi connectivity index (χ2n) is 5.13. The second-order valence-corrected chi connectivity index (χ2v) is 5.13. The number of hydrogen-bond donors (Lipinski definition) is 2. The summed E-state index contributed by atoms with van der Waals surface area (Å²) in [4.78, 5) is 12.7. The SMILES string of the molecule is CCC(CC)C(C)NC1CCN(C(N)=O)CC1. The third-order valence-electron chi connectivity index (χ3n) is 4.06. The largest absolute Gasteiger partial charge is 0.351 e. The van der Waals surface area contributed by atoms with Gasteiger partial charge < -0.3 is 16.0 Å². The number of nitrogens with zero attached hydrogens (tertiary/aromatic N) is 1. The van der Waals surface area contributed by atoms with Gasteiger partial charge >= 0.3 is 6.03 Å². The van der Waals surface area contributed by atoms with Gasteiger partial charge in [-0.15, -0.1) is 0 Å². The van der Waals surface area contributed by atoms with Crippen LogP contribution < -0.4 is 11.1 Å². The van der Waals surface area contributed by atoms with Gasteiger partial charge in [-0.1, -0.05) is 26.7 Å². The topological polar surface area (TPSA) is 58.4 Å². The van der Waals surface area contributed by atoms with Gasteiger partial charge in [-0.25, -0.2) is 4.79 Å². The predicted molar refractivity (Wildman–Crippen MR) is 70.8 cm³/mol. The minimum Gasteiger partial charge on any atom is -0.351 e. The summed E-state index contributed by atoms with van der Waals surface area (Å²) in [5.74, 6) is 0.754. The molecule has 2 amide bonds. The molecule has 0 bridgehead atoms. The number of piperidine rings is 1. The van der Waals surface area contributed by atoms with E-state index >= 15 is 0 Å². The highest BCUT2D eigenvalue weighted by atomic mass is 16.2. The van der Waals surface area contributed by atoms with E-state index in [1.807, 2.05) is 0 Å². The maximum atomic E-state index is 11.0. The molecule has 1 rings (SSSR count). The average Bonchev–Trinajstić information content (AvgIpc) is 2.31. The number of nitrogens with one attached hydrogen (secondary N) is 1. The van der Waals surface area contributed by atoms with Crippen LogP contribution in [0.3, 0.4) is 0 Å². The first kappa shape index (κ1) is 14.3. The number of primary amides is 1. The van der Waals surface area contributed by atoms with E-state index in [1.165, 1.54) is 12.8 Å². The highest BCUT2D eigenvalue weighted by molar-refractivity contribution is 5.72. The van der Waals surface area contributed by atoms with E-state index < -0.39 is 0 Å². The Kier molecular flexibility index (Phi) is 5.75. The van der Waals surface area contributed by atoms with Gasteiger partial charge in [0.25, 0.3) is 0 Å². The minimum absolute atomic E-state index is 0.281. The number of likely N-dealkylation sites (tertiary alicyclic amines) is 1. The van der Waals surface area contributed by atoms with Crippen LogP contribution in [0.25, 0.3) is 0 Å². The van der Waals surface area contributed by atoms with Crippen molar-refractivity contribution in [3.63, 3.8) is 0 Å². The van der Waals surface area contributed by atoms with Crippen LogP contribution in [0.2, 0.25) is 0 Å². The van der Waals surface area contributed by atoms with Crippen LogP contribution in [0.15, 0.2) is 0 Å². The molecule has 1 heterocycles. The number of hydrogen-bond acceptors (Lipinski definition) is 2. The minimum atomic E-state index is -0.281. The molecule has 0 aliphatic carbocycles. The van der Waals surface area contributed by atoms with E-state index in [2.05, 4.69) is 26.1 Å². The zero-order valence-electron chi connectivity index (χ0n) is 11.4. The molecule has 0 saturated carbocycles. The molecule has 4 heteroatoms. The Morgan fingerprint density at radius 1 is 1.35 bits per heavy atom. The quantitative estimate of drug-likeness (QED) is 0.773. The van der Waals surface area contributed by atoms with Crippen molar-refractivity contribution in [3.05, 3.63) is 0 Å². The summed E-state index contributed by atoms with van der Waals surface area (Å²) in [5.41, 5.74) is 5.27. The first-order chi connectivity index (χ1) is 8.08. The van der Waals surface area contributed by atoms with Crippen molar-refractivity contribution >= 4 is 6.03 Å². The molecule has 17 heavy (non-hydrogen) atoms.